The van der Waals surface area contributed by atoms with Gasteiger partial charge in [-0.15, -0.1) is 0 Å². The third-order valence-corrected chi connectivity index (χ3v) is 4.00. The van der Waals surface area contributed by atoms with Gasteiger partial charge in [-0.3, -0.25) is 9.69 Å². The van der Waals surface area contributed by atoms with Crippen LogP contribution in [0, 0.1) is 5.92 Å². The van der Waals surface area contributed by atoms with Crippen LogP contribution in [-0.2, 0) is 4.79 Å². The Kier molecular flexibility index (Phi) is 8.15. The molecule has 118 valence electrons. The summed E-state index contributed by atoms with van der Waals surface area (Å²) in [6.07, 6.45) is 6.23. The lowest BCUT2D eigenvalue weighted by molar-refractivity contribution is -0.123. The van der Waals surface area contributed by atoms with Gasteiger partial charge in [0.1, 0.15) is 0 Å². The van der Waals surface area contributed by atoms with Gasteiger partial charge in [-0.05, 0) is 45.1 Å². The molecule has 1 aliphatic heterocycles. The summed E-state index contributed by atoms with van der Waals surface area (Å²) in [5, 5.41) is 12.6. The molecule has 0 aromatic rings. The number of hydrogen-bond donors (Lipinski definition) is 2. The van der Waals surface area contributed by atoms with Crippen molar-refractivity contribution in [1.29, 1.82) is 0 Å². The van der Waals surface area contributed by atoms with Crippen molar-refractivity contribution in [2.45, 2.75) is 71.4 Å². The Morgan fingerprint density at radius 2 is 2.05 bits per heavy atom. The van der Waals surface area contributed by atoms with Gasteiger partial charge >= 0.3 is 0 Å². The van der Waals surface area contributed by atoms with Gasteiger partial charge in [0.15, 0.2) is 0 Å². The van der Waals surface area contributed by atoms with E-state index < -0.39 is 0 Å². The van der Waals surface area contributed by atoms with Crippen molar-refractivity contribution in [2.24, 2.45) is 5.92 Å². The second-order valence-corrected chi connectivity index (χ2v) is 6.59. The molecule has 0 aromatic carbocycles. The molecule has 0 spiro atoms. The highest BCUT2D eigenvalue weighted by Gasteiger charge is 2.23. The Hall–Kier alpha value is -0.610. The molecule has 1 saturated heterocycles. The summed E-state index contributed by atoms with van der Waals surface area (Å²) in [6.45, 7) is 8.40. The number of rotatable bonds is 7. The van der Waals surface area contributed by atoms with E-state index in [1.165, 1.54) is 12.8 Å². The molecule has 2 atom stereocenters. The quantitative estimate of drug-likeness (QED) is 0.753. The van der Waals surface area contributed by atoms with Crippen LogP contribution in [-0.4, -0.2) is 47.7 Å². The number of aliphatic hydroxyl groups is 1. The van der Waals surface area contributed by atoms with Crippen molar-refractivity contribution in [1.82, 2.24) is 10.2 Å². The largest absolute Gasteiger partial charge is 0.393 e. The Labute approximate surface area is 123 Å². The highest BCUT2D eigenvalue weighted by molar-refractivity contribution is 5.78. The van der Waals surface area contributed by atoms with Gasteiger partial charge in [-0.2, -0.15) is 0 Å². The number of aliphatic hydroxyl groups excluding tert-OH is 1. The predicted molar refractivity (Wildman–Crippen MR) is 82.6 cm³/mol. The van der Waals surface area contributed by atoms with Gasteiger partial charge in [-0.25, -0.2) is 0 Å². The molecular formula is C16H32N2O2. The normalized spacial score (nSPS) is 22.6. The molecule has 2 N–H and O–H groups in total. The molecule has 0 aromatic heterocycles. The fourth-order valence-corrected chi connectivity index (χ4v) is 2.85. The van der Waals surface area contributed by atoms with Crippen LogP contribution in [0.25, 0.3) is 0 Å². The summed E-state index contributed by atoms with van der Waals surface area (Å²) in [5.74, 6) is 0.750. The standard InChI is InChI=1S/C16H32N2O2/c1-13(2)8-9-17-16(20)12-18-10-6-4-5-7-15(18)11-14(3)19/h13-15,19H,4-12H2,1-3H3,(H,17,20). The molecule has 4 heteroatoms. The smallest absolute Gasteiger partial charge is 0.234 e. The molecule has 1 fully saturated rings. The molecule has 1 heterocycles. The first-order valence-corrected chi connectivity index (χ1v) is 8.18. The Bertz CT molecular complexity index is 280. The minimum absolute atomic E-state index is 0.128. The molecule has 1 amide bonds. The number of hydrogen-bond acceptors (Lipinski definition) is 3. The molecule has 2 unspecified atom stereocenters. The number of amides is 1. The van der Waals surface area contributed by atoms with Crippen LogP contribution in [0.3, 0.4) is 0 Å². The molecule has 0 radical (unpaired) electrons. The van der Waals surface area contributed by atoms with Crippen molar-refractivity contribution >= 4 is 5.91 Å². The highest BCUT2D eigenvalue weighted by Crippen LogP contribution is 2.20. The zero-order valence-corrected chi connectivity index (χ0v) is 13.4. The van der Waals surface area contributed by atoms with Crippen molar-refractivity contribution in [2.75, 3.05) is 19.6 Å². The van der Waals surface area contributed by atoms with Crippen molar-refractivity contribution in [3.63, 3.8) is 0 Å². The van der Waals surface area contributed by atoms with Gasteiger partial charge in [0, 0.05) is 12.6 Å². The van der Waals surface area contributed by atoms with E-state index in [0.29, 0.717) is 18.5 Å². The molecular weight excluding hydrogens is 252 g/mol. The van der Waals surface area contributed by atoms with Crippen molar-refractivity contribution in [3.05, 3.63) is 0 Å². The third-order valence-electron chi connectivity index (χ3n) is 4.00. The molecule has 1 aliphatic rings. The van der Waals surface area contributed by atoms with E-state index in [4.69, 9.17) is 0 Å². The topological polar surface area (TPSA) is 52.6 Å². The number of nitrogens with one attached hydrogen (secondary N) is 1. The van der Waals surface area contributed by atoms with Crippen LogP contribution in [0.5, 0.6) is 0 Å². The van der Waals surface area contributed by atoms with Gasteiger partial charge in [0.25, 0.3) is 0 Å². The Balaban J connectivity index is 2.41. The zero-order valence-electron chi connectivity index (χ0n) is 13.4. The van der Waals surface area contributed by atoms with E-state index in [1.807, 2.05) is 6.92 Å². The number of nitrogens with zero attached hydrogens (tertiary/aromatic N) is 1. The van der Waals surface area contributed by atoms with Gasteiger partial charge in [-0.1, -0.05) is 26.7 Å². The van der Waals surface area contributed by atoms with E-state index in [2.05, 4.69) is 24.1 Å². The van der Waals surface area contributed by atoms with Crippen LogP contribution in [0.4, 0.5) is 0 Å². The Morgan fingerprint density at radius 3 is 2.70 bits per heavy atom. The van der Waals surface area contributed by atoms with Crippen LogP contribution in [0.2, 0.25) is 0 Å². The Morgan fingerprint density at radius 1 is 1.30 bits per heavy atom. The van der Waals surface area contributed by atoms with Gasteiger partial charge < -0.3 is 10.4 Å². The fraction of sp³-hybridized carbons (Fsp3) is 0.938. The monoisotopic (exact) mass is 284 g/mol. The second-order valence-electron chi connectivity index (χ2n) is 6.59. The van der Waals surface area contributed by atoms with Crippen LogP contribution in [0.1, 0.15) is 59.3 Å². The molecule has 0 saturated carbocycles. The summed E-state index contributed by atoms with van der Waals surface area (Å²) in [5.41, 5.74) is 0. The summed E-state index contributed by atoms with van der Waals surface area (Å²) >= 11 is 0. The minimum atomic E-state index is -0.287. The van der Waals surface area contributed by atoms with Crippen LogP contribution >= 0.6 is 0 Å². The number of carbonyl (C=O) groups is 1. The lowest BCUT2D eigenvalue weighted by atomic mass is 10.0. The first kappa shape index (κ1) is 17.4. The van der Waals surface area contributed by atoms with Crippen molar-refractivity contribution < 1.29 is 9.90 Å². The number of carbonyl (C=O) groups excluding carboxylic acids is 1. The summed E-state index contributed by atoms with van der Waals surface area (Å²) < 4.78 is 0. The van der Waals surface area contributed by atoms with Crippen LogP contribution in [0.15, 0.2) is 0 Å². The van der Waals surface area contributed by atoms with Gasteiger partial charge in [0.2, 0.25) is 5.91 Å². The van der Waals surface area contributed by atoms with E-state index in [1.54, 1.807) is 0 Å². The molecule has 20 heavy (non-hydrogen) atoms. The molecule has 4 nitrogen and oxygen atoms in total. The lowest BCUT2D eigenvalue weighted by Gasteiger charge is -2.30. The maximum absolute atomic E-state index is 12.0. The van der Waals surface area contributed by atoms with E-state index in [9.17, 15) is 9.90 Å². The third kappa shape index (κ3) is 7.25. The van der Waals surface area contributed by atoms with E-state index >= 15 is 0 Å². The average Bonchev–Trinajstić information content (AvgIpc) is 2.54. The SMILES string of the molecule is CC(C)CCNC(=O)CN1CCCCCC1CC(C)O. The summed E-state index contributed by atoms with van der Waals surface area (Å²) in [7, 11) is 0. The molecule has 1 rings (SSSR count). The fourth-order valence-electron chi connectivity index (χ4n) is 2.85. The first-order chi connectivity index (χ1) is 9.49. The zero-order chi connectivity index (χ0) is 15.0. The lowest BCUT2D eigenvalue weighted by Crippen LogP contribution is -2.44. The van der Waals surface area contributed by atoms with Crippen LogP contribution < -0.4 is 5.32 Å². The molecule has 0 bridgehead atoms. The van der Waals surface area contributed by atoms with Crippen molar-refractivity contribution in [3.8, 4) is 0 Å². The maximum atomic E-state index is 12.0. The number of likely N-dealkylation sites (tertiary alicyclic amines) is 1. The molecule has 0 aliphatic carbocycles. The first-order valence-electron chi connectivity index (χ1n) is 8.18. The predicted octanol–water partition coefficient (Wildman–Crippen LogP) is 2.16. The van der Waals surface area contributed by atoms with E-state index in [0.717, 1.165) is 38.8 Å². The van der Waals surface area contributed by atoms with E-state index in [-0.39, 0.29) is 12.0 Å². The second kappa shape index (κ2) is 9.35. The minimum Gasteiger partial charge on any atom is -0.393 e. The van der Waals surface area contributed by atoms with Gasteiger partial charge in [0.05, 0.1) is 12.6 Å². The summed E-state index contributed by atoms with van der Waals surface area (Å²) in [6, 6.07) is 0.355. The highest BCUT2D eigenvalue weighted by atomic mass is 16.3. The average molecular weight is 284 g/mol. The summed E-state index contributed by atoms with van der Waals surface area (Å²) in [4.78, 5) is 14.3. The maximum Gasteiger partial charge on any atom is 0.234 e.